The van der Waals surface area contributed by atoms with Crippen molar-refractivity contribution in [1.82, 2.24) is 9.97 Å². The number of nitrogens with zero attached hydrogens (tertiary/aromatic N) is 2. The topological polar surface area (TPSA) is 61.0 Å². The third-order valence-electron chi connectivity index (χ3n) is 2.84. The summed E-state index contributed by atoms with van der Waals surface area (Å²) in [5.74, 6) is 1.45. The van der Waals surface area contributed by atoms with Gasteiger partial charge in [-0.3, -0.25) is 0 Å². The summed E-state index contributed by atoms with van der Waals surface area (Å²) in [4.78, 5) is 8.53. The normalized spacial score (nSPS) is 10.4. The van der Waals surface area contributed by atoms with Crippen molar-refractivity contribution in [3.8, 4) is 17.0 Å². The summed E-state index contributed by atoms with van der Waals surface area (Å²) >= 11 is 0. The van der Waals surface area contributed by atoms with Gasteiger partial charge in [-0.15, -0.1) is 0 Å². The molecule has 0 atom stereocenters. The molecule has 2 N–H and O–H groups in total. The number of aryl methyl sites for hydroxylation is 1. The predicted octanol–water partition coefficient (Wildman–Crippen LogP) is 2.17. The second-order valence-corrected chi connectivity index (χ2v) is 3.95. The van der Waals surface area contributed by atoms with Crippen LogP contribution in [0.1, 0.15) is 18.3 Å². The fraction of sp³-hybridized carbons (Fsp3) is 0.286. The highest BCUT2D eigenvalue weighted by atomic mass is 16.5. The lowest BCUT2D eigenvalue weighted by Crippen LogP contribution is -2.03. The quantitative estimate of drug-likeness (QED) is 0.894. The van der Waals surface area contributed by atoms with E-state index in [1.54, 1.807) is 13.3 Å². The van der Waals surface area contributed by atoms with Gasteiger partial charge in [-0.05, 0) is 30.2 Å². The molecule has 0 saturated heterocycles. The Morgan fingerprint density at radius 2 is 2.11 bits per heavy atom. The van der Waals surface area contributed by atoms with Gasteiger partial charge in [0, 0.05) is 11.8 Å². The van der Waals surface area contributed by atoms with Gasteiger partial charge in [-0.1, -0.05) is 13.0 Å². The SMILES string of the molecule is CCc1ccc(OC)c(-c2ccnc(CN)n2)c1. The van der Waals surface area contributed by atoms with Crippen LogP contribution >= 0.6 is 0 Å². The number of aromatic nitrogens is 2. The van der Waals surface area contributed by atoms with Crippen LogP contribution in [0.2, 0.25) is 0 Å². The van der Waals surface area contributed by atoms with E-state index >= 15 is 0 Å². The maximum atomic E-state index is 5.57. The van der Waals surface area contributed by atoms with Crippen molar-refractivity contribution in [2.75, 3.05) is 7.11 Å². The highest BCUT2D eigenvalue weighted by Gasteiger charge is 2.08. The summed E-state index contributed by atoms with van der Waals surface area (Å²) in [6.07, 6.45) is 2.70. The number of hydrogen-bond acceptors (Lipinski definition) is 4. The van der Waals surface area contributed by atoms with E-state index < -0.39 is 0 Å². The van der Waals surface area contributed by atoms with Crippen molar-refractivity contribution >= 4 is 0 Å². The fourth-order valence-corrected chi connectivity index (χ4v) is 1.82. The minimum Gasteiger partial charge on any atom is -0.496 e. The molecule has 4 nitrogen and oxygen atoms in total. The average molecular weight is 243 g/mol. The summed E-state index contributed by atoms with van der Waals surface area (Å²) in [6, 6.07) is 8.00. The number of rotatable bonds is 4. The predicted molar refractivity (Wildman–Crippen MR) is 71.3 cm³/mol. The smallest absolute Gasteiger partial charge is 0.142 e. The minimum atomic E-state index is 0.337. The first-order valence-corrected chi connectivity index (χ1v) is 5.97. The highest BCUT2D eigenvalue weighted by molar-refractivity contribution is 5.67. The monoisotopic (exact) mass is 243 g/mol. The van der Waals surface area contributed by atoms with E-state index in [0.717, 1.165) is 23.4 Å². The van der Waals surface area contributed by atoms with E-state index in [4.69, 9.17) is 10.5 Å². The Morgan fingerprint density at radius 1 is 1.28 bits per heavy atom. The Labute approximate surface area is 107 Å². The molecule has 1 heterocycles. The first-order valence-electron chi connectivity index (χ1n) is 5.97. The molecule has 1 aromatic heterocycles. The molecule has 0 saturated carbocycles. The highest BCUT2D eigenvalue weighted by Crippen LogP contribution is 2.29. The van der Waals surface area contributed by atoms with E-state index in [2.05, 4.69) is 29.0 Å². The van der Waals surface area contributed by atoms with Crippen LogP contribution in [-0.4, -0.2) is 17.1 Å². The number of hydrogen-bond donors (Lipinski definition) is 1. The Bertz CT molecular complexity index is 540. The van der Waals surface area contributed by atoms with Crippen molar-refractivity contribution in [3.05, 3.63) is 41.9 Å². The van der Waals surface area contributed by atoms with Gasteiger partial charge in [0.1, 0.15) is 11.6 Å². The second kappa shape index (κ2) is 5.60. The van der Waals surface area contributed by atoms with Gasteiger partial charge in [-0.25, -0.2) is 9.97 Å². The first-order chi connectivity index (χ1) is 8.78. The van der Waals surface area contributed by atoms with Gasteiger partial charge < -0.3 is 10.5 Å². The molecule has 0 unspecified atom stereocenters. The fourth-order valence-electron chi connectivity index (χ4n) is 1.82. The Morgan fingerprint density at radius 3 is 2.78 bits per heavy atom. The molecule has 0 fully saturated rings. The van der Waals surface area contributed by atoms with E-state index in [1.807, 2.05) is 12.1 Å². The van der Waals surface area contributed by atoms with Crippen molar-refractivity contribution in [1.29, 1.82) is 0 Å². The van der Waals surface area contributed by atoms with Crippen LogP contribution in [-0.2, 0) is 13.0 Å². The van der Waals surface area contributed by atoms with Crippen LogP contribution in [0.3, 0.4) is 0 Å². The standard InChI is InChI=1S/C14H17N3O/c1-3-10-4-5-13(18-2)11(8-10)12-6-7-16-14(9-15)17-12/h4-8H,3,9,15H2,1-2H3. The lowest BCUT2D eigenvalue weighted by atomic mass is 10.0. The van der Waals surface area contributed by atoms with E-state index in [-0.39, 0.29) is 0 Å². The molecule has 0 amide bonds. The molecular weight excluding hydrogens is 226 g/mol. The van der Waals surface area contributed by atoms with E-state index in [0.29, 0.717) is 12.4 Å². The van der Waals surface area contributed by atoms with Crippen LogP contribution in [0.4, 0.5) is 0 Å². The van der Waals surface area contributed by atoms with E-state index in [9.17, 15) is 0 Å². The molecule has 4 heteroatoms. The van der Waals surface area contributed by atoms with E-state index in [1.165, 1.54) is 5.56 Å². The molecule has 0 aliphatic heterocycles. The van der Waals surface area contributed by atoms with Crippen molar-refractivity contribution in [2.24, 2.45) is 5.73 Å². The van der Waals surface area contributed by atoms with Gasteiger partial charge >= 0.3 is 0 Å². The largest absolute Gasteiger partial charge is 0.496 e. The first kappa shape index (κ1) is 12.5. The second-order valence-electron chi connectivity index (χ2n) is 3.95. The molecular formula is C14H17N3O. The zero-order valence-electron chi connectivity index (χ0n) is 10.7. The van der Waals surface area contributed by atoms with Crippen molar-refractivity contribution in [2.45, 2.75) is 19.9 Å². The van der Waals surface area contributed by atoms with Crippen LogP contribution in [0.15, 0.2) is 30.5 Å². The molecule has 2 aromatic rings. The number of benzene rings is 1. The summed E-state index contributed by atoms with van der Waals surface area (Å²) in [6.45, 7) is 2.46. The van der Waals surface area contributed by atoms with Crippen LogP contribution < -0.4 is 10.5 Å². The third kappa shape index (κ3) is 2.49. The summed E-state index contributed by atoms with van der Waals surface area (Å²) in [5, 5.41) is 0. The zero-order chi connectivity index (χ0) is 13.0. The maximum Gasteiger partial charge on any atom is 0.142 e. The minimum absolute atomic E-state index is 0.337. The molecule has 0 aliphatic rings. The van der Waals surface area contributed by atoms with Gasteiger partial charge in [0.05, 0.1) is 19.3 Å². The van der Waals surface area contributed by atoms with Crippen molar-refractivity contribution < 1.29 is 4.74 Å². The maximum absolute atomic E-state index is 5.57. The molecule has 0 bridgehead atoms. The number of methoxy groups -OCH3 is 1. The van der Waals surface area contributed by atoms with Crippen LogP contribution in [0.25, 0.3) is 11.3 Å². The van der Waals surface area contributed by atoms with Gasteiger partial charge in [0.2, 0.25) is 0 Å². The summed E-state index contributed by atoms with van der Waals surface area (Å²) in [5.41, 5.74) is 8.64. The lowest BCUT2D eigenvalue weighted by Gasteiger charge is -2.10. The molecule has 2 rings (SSSR count). The zero-order valence-corrected chi connectivity index (χ0v) is 10.7. The molecule has 94 valence electrons. The Kier molecular flexibility index (Phi) is 3.89. The van der Waals surface area contributed by atoms with Gasteiger partial charge in [0.15, 0.2) is 0 Å². The number of ether oxygens (including phenoxy) is 1. The third-order valence-corrected chi connectivity index (χ3v) is 2.84. The molecule has 18 heavy (non-hydrogen) atoms. The molecule has 1 aromatic carbocycles. The van der Waals surface area contributed by atoms with Crippen LogP contribution in [0, 0.1) is 0 Å². The lowest BCUT2D eigenvalue weighted by molar-refractivity contribution is 0.416. The summed E-state index contributed by atoms with van der Waals surface area (Å²) in [7, 11) is 1.66. The van der Waals surface area contributed by atoms with Gasteiger partial charge in [-0.2, -0.15) is 0 Å². The molecule has 0 spiro atoms. The summed E-state index contributed by atoms with van der Waals surface area (Å²) < 4.78 is 5.38. The van der Waals surface area contributed by atoms with Gasteiger partial charge in [0.25, 0.3) is 0 Å². The Hall–Kier alpha value is -1.94. The number of nitrogens with two attached hydrogens (primary N) is 1. The molecule has 0 radical (unpaired) electrons. The Balaban J connectivity index is 2.53. The average Bonchev–Trinajstić information content (AvgIpc) is 2.46. The molecule has 0 aliphatic carbocycles. The van der Waals surface area contributed by atoms with Crippen LogP contribution in [0.5, 0.6) is 5.75 Å². The van der Waals surface area contributed by atoms with Crippen molar-refractivity contribution in [3.63, 3.8) is 0 Å².